The third kappa shape index (κ3) is 3.41. The first-order valence-corrected chi connectivity index (χ1v) is 10.00. The molecule has 1 aromatic carbocycles. The van der Waals surface area contributed by atoms with Crippen LogP contribution in [0.1, 0.15) is 49.1 Å². The monoisotopic (exact) mass is 363 g/mol. The van der Waals surface area contributed by atoms with Gasteiger partial charge in [-0.05, 0) is 50.9 Å². The van der Waals surface area contributed by atoms with Gasteiger partial charge in [0, 0.05) is 36.7 Å². The number of hydrogen-bond acceptors (Lipinski definition) is 6. The van der Waals surface area contributed by atoms with E-state index in [4.69, 9.17) is 9.40 Å². The van der Waals surface area contributed by atoms with Crippen LogP contribution in [0, 0.1) is 0 Å². The third-order valence-electron chi connectivity index (χ3n) is 5.91. The van der Waals surface area contributed by atoms with Crippen molar-refractivity contribution < 1.29 is 4.42 Å². The van der Waals surface area contributed by atoms with Gasteiger partial charge in [-0.2, -0.15) is 0 Å². The summed E-state index contributed by atoms with van der Waals surface area (Å²) in [6.07, 6.45) is 6.14. The normalized spacial score (nSPS) is 19.6. The van der Waals surface area contributed by atoms with Crippen LogP contribution < -0.4 is 10.2 Å². The van der Waals surface area contributed by atoms with Gasteiger partial charge in [0.15, 0.2) is 11.5 Å². The summed E-state index contributed by atoms with van der Waals surface area (Å²) in [5.41, 5.74) is 3.04. The minimum atomic E-state index is 0.388. The lowest BCUT2D eigenvalue weighted by Gasteiger charge is -2.32. The van der Waals surface area contributed by atoms with Crippen LogP contribution in [-0.2, 0) is 0 Å². The van der Waals surface area contributed by atoms with E-state index in [2.05, 4.69) is 26.3 Å². The number of piperidine rings is 2. The van der Waals surface area contributed by atoms with Crippen molar-refractivity contribution in [3.8, 4) is 0 Å². The van der Waals surface area contributed by atoms with Crippen molar-refractivity contribution in [1.29, 1.82) is 0 Å². The van der Waals surface area contributed by atoms with Crippen LogP contribution >= 0.6 is 0 Å². The molecule has 2 aliphatic heterocycles. The highest BCUT2D eigenvalue weighted by Gasteiger charge is 2.26. The average molecular weight is 363 g/mol. The molecule has 27 heavy (non-hydrogen) atoms. The molecule has 4 heterocycles. The Balaban J connectivity index is 1.27. The van der Waals surface area contributed by atoms with Gasteiger partial charge in [-0.3, -0.25) is 0 Å². The number of anilines is 1. The van der Waals surface area contributed by atoms with E-state index in [-0.39, 0.29) is 0 Å². The van der Waals surface area contributed by atoms with E-state index in [1.165, 1.54) is 5.69 Å². The Labute approximate surface area is 159 Å². The quantitative estimate of drug-likeness (QED) is 0.769. The molecule has 6 heteroatoms. The fourth-order valence-electron chi connectivity index (χ4n) is 4.30. The van der Waals surface area contributed by atoms with Crippen LogP contribution in [0.15, 0.2) is 41.1 Å². The Hall–Kier alpha value is -2.47. The van der Waals surface area contributed by atoms with Gasteiger partial charge < -0.3 is 14.6 Å². The third-order valence-corrected chi connectivity index (χ3v) is 5.91. The summed E-state index contributed by atoms with van der Waals surface area (Å²) in [6, 6.07) is 10.2. The van der Waals surface area contributed by atoms with Crippen LogP contribution in [0.25, 0.3) is 11.1 Å². The standard InChI is InChI=1S/C21H25N5O/c1-2-4-19-17(3-1)25-21(27-19)16-7-11-26(12-8-16)20-13-18(23-14-24-20)15-5-9-22-10-6-15/h1-4,13-16,22H,5-12H2. The molecular weight excluding hydrogens is 338 g/mol. The maximum Gasteiger partial charge on any atom is 0.198 e. The minimum Gasteiger partial charge on any atom is -0.440 e. The van der Waals surface area contributed by atoms with Gasteiger partial charge in [0.25, 0.3) is 0 Å². The number of para-hydroxylation sites is 2. The zero-order chi connectivity index (χ0) is 18.1. The first-order valence-electron chi connectivity index (χ1n) is 10.00. The lowest BCUT2D eigenvalue weighted by atomic mass is 9.94. The van der Waals surface area contributed by atoms with Gasteiger partial charge in [0.2, 0.25) is 0 Å². The molecule has 0 radical (unpaired) electrons. The molecule has 2 aliphatic rings. The molecule has 140 valence electrons. The Morgan fingerprint density at radius 1 is 0.963 bits per heavy atom. The lowest BCUT2D eigenvalue weighted by Crippen LogP contribution is -2.34. The van der Waals surface area contributed by atoms with E-state index >= 15 is 0 Å². The van der Waals surface area contributed by atoms with Crippen molar-refractivity contribution in [3.63, 3.8) is 0 Å². The molecule has 3 aromatic rings. The fraction of sp³-hybridized carbons (Fsp3) is 0.476. The van der Waals surface area contributed by atoms with Gasteiger partial charge in [-0.1, -0.05) is 12.1 Å². The fourth-order valence-corrected chi connectivity index (χ4v) is 4.30. The van der Waals surface area contributed by atoms with Gasteiger partial charge in [-0.15, -0.1) is 0 Å². The first kappa shape index (κ1) is 16.7. The summed E-state index contributed by atoms with van der Waals surface area (Å²) in [5.74, 6) is 2.90. The number of aromatic nitrogens is 3. The van der Waals surface area contributed by atoms with Crippen LogP contribution in [0.2, 0.25) is 0 Å². The van der Waals surface area contributed by atoms with Crippen LogP contribution in [0.3, 0.4) is 0 Å². The molecule has 0 bridgehead atoms. The van der Waals surface area contributed by atoms with Crippen LogP contribution in [0.4, 0.5) is 5.82 Å². The summed E-state index contributed by atoms with van der Waals surface area (Å²) in [7, 11) is 0. The molecule has 0 spiro atoms. The smallest absolute Gasteiger partial charge is 0.198 e. The van der Waals surface area contributed by atoms with Crippen molar-refractivity contribution in [2.24, 2.45) is 0 Å². The maximum atomic E-state index is 5.99. The molecule has 0 unspecified atom stereocenters. The van der Waals surface area contributed by atoms with E-state index < -0.39 is 0 Å². The summed E-state index contributed by atoms with van der Waals surface area (Å²) in [6.45, 7) is 4.12. The number of nitrogens with one attached hydrogen (secondary N) is 1. The average Bonchev–Trinajstić information content (AvgIpc) is 3.19. The maximum absolute atomic E-state index is 5.99. The topological polar surface area (TPSA) is 67.1 Å². The summed E-state index contributed by atoms with van der Waals surface area (Å²) in [4.78, 5) is 16.2. The van der Waals surface area contributed by atoms with E-state index in [9.17, 15) is 0 Å². The Morgan fingerprint density at radius 2 is 1.78 bits per heavy atom. The van der Waals surface area contributed by atoms with E-state index in [1.807, 2.05) is 24.3 Å². The molecule has 5 rings (SSSR count). The predicted octanol–water partition coefficient (Wildman–Crippen LogP) is 3.47. The Bertz CT molecular complexity index is 877. The number of rotatable bonds is 3. The SMILES string of the molecule is c1ccc2oc(C3CCN(c4cc(C5CCNCC5)ncn4)CC3)nc2c1. The number of oxazole rings is 1. The van der Waals surface area contributed by atoms with Crippen molar-refractivity contribution in [2.45, 2.75) is 37.5 Å². The highest BCUT2D eigenvalue weighted by Crippen LogP contribution is 2.32. The summed E-state index contributed by atoms with van der Waals surface area (Å²) in [5, 5.41) is 3.42. The molecule has 2 fully saturated rings. The summed E-state index contributed by atoms with van der Waals surface area (Å²) < 4.78 is 5.99. The molecule has 1 N–H and O–H groups in total. The second-order valence-corrected chi connectivity index (χ2v) is 7.61. The lowest BCUT2D eigenvalue weighted by molar-refractivity contribution is 0.406. The number of hydrogen-bond donors (Lipinski definition) is 1. The van der Waals surface area contributed by atoms with Crippen LogP contribution in [-0.4, -0.2) is 41.1 Å². The Kier molecular flexibility index (Phi) is 4.49. The van der Waals surface area contributed by atoms with E-state index in [1.54, 1.807) is 6.33 Å². The second kappa shape index (κ2) is 7.27. The molecule has 2 saturated heterocycles. The molecule has 0 amide bonds. The van der Waals surface area contributed by atoms with Gasteiger partial charge >= 0.3 is 0 Å². The first-order chi connectivity index (χ1) is 13.4. The minimum absolute atomic E-state index is 0.388. The molecule has 6 nitrogen and oxygen atoms in total. The van der Waals surface area contributed by atoms with Crippen LogP contribution in [0.5, 0.6) is 0 Å². The zero-order valence-corrected chi connectivity index (χ0v) is 15.5. The second-order valence-electron chi connectivity index (χ2n) is 7.61. The van der Waals surface area contributed by atoms with Crippen molar-refractivity contribution in [1.82, 2.24) is 20.3 Å². The van der Waals surface area contributed by atoms with E-state index in [0.29, 0.717) is 11.8 Å². The zero-order valence-electron chi connectivity index (χ0n) is 15.5. The van der Waals surface area contributed by atoms with Gasteiger partial charge in [0.1, 0.15) is 17.7 Å². The van der Waals surface area contributed by atoms with Gasteiger partial charge in [0.05, 0.1) is 0 Å². The number of fused-ring (bicyclic) bond motifs is 1. The molecule has 0 saturated carbocycles. The van der Waals surface area contributed by atoms with Crippen molar-refractivity contribution >= 4 is 16.9 Å². The Morgan fingerprint density at radius 3 is 2.59 bits per heavy atom. The largest absolute Gasteiger partial charge is 0.440 e. The highest BCUT2D eigenvalue weighted by atomic mass is 16.3. The number of benzene rings is 1. The van der Waals surface area contributed by atoms with E-state index in [0.717, 1.165) is 74.7 Å². The molecule has 2 aromatic heterocycles. The summed E-state index contributed by atoms with van der Waals surface area (Å²) >= 11 is 0. The molecular formula is C21H25N5O. The number of nitrogens with zero attached hydrogens (tertiary/aromatic N) is 4. The van der Waals surface area contributed by atoms with Crippen molar-refractivity contribution in [2.75, 3.05) is 31.1 Å². The molecule has 0 aliphatic carbocycles. The van der Waals surface area contributed by atoms with Gasteiger partial charge in [-0.25, -0.2) is 15.0 Å². The predicted molar refractivity (Wildman–Crippen MR) is 105 cm³/mol. The molecule has 0 atom stereocenters. The van der Waals surface area contributed by atoms with Crippen molar-refractivity contribution in [3.05, 3.63) is 48.2 Å². The highest BCUT2D eigenvalue weighted by molar-refractivity contribution is 5.72.